The number of rotatable bonds is 4. The van der Waals surface area contributed by atoms with Crippen LogP contribution in [-0.4, -0.2) is 21.3 Å². The molecule has 0 radical (unpaired) electrons. The summed E-state index contributed by atoms with van der Waals surface area (Å²) in [5.41, 5.74) is 8.10. The Hall–Kier alpha value is -0.910. The number of hydrogen-bond donors (Lipinski definition) is 2. The monoisotopic (exact) mass is 311 g/mol. The lowest BCUT2D eigenvalue weighted by Crippen LogP contribution is -2.19. The summed E-state index contributed by atoms with van der Waals surface area (Å²) in [5.74, 6) is 0.840. The largest absolute Gasteiger partial charge is 0.396 e. The molecule has 0 aliphatic heterocycles. The van der Waals surface area contributed by atoms with Crippen molar-refractivity contribution in [2.24, 2.45) is 5.73 Å². The third-order valence-corrected chi connectivity index (χ3v) is 3.46. The van der Waals surface area contributed by atoms with Crippen LogP contribution in [0.3, 0.4) is 0 Å². The van der Waals surface area contributed by atoms with Gasteiger partial charge >= 0.3 is 0 Å². The second-order valence-electron chi connectivity index (χ2n) is 4.69. The molecule has 1 unspecified atom stereocenters. The lowest BCUT2D eigenvalue weighted by atomic mass is 10.2. The fourth-order valence-electron chi connectivity index (χ4n) is 2.16. The van der Waals surface area contributed by atoms with Gasteiger partial charge in [-0.2, -0.15) is 0 Å². The standard InChI is InChI=1S/C13H18BrN3O/c1-8(2)17-12-4-3-9(14)7-11(12)16-13(17)10(15)5-6-18/h3-4,7-8,10,18H,5-6,15H2,1-2H3. The van der Waals surface area contributed by atoms with E-state index in [1.54, 1.807) is 0 Å². The van der Waals surface area contributed by atoms with Crippen LogP contribution in [0.1, 0.15) is 38.2 Å². The molecule has 0 saturated heterocycles. The SMILES string of the molecule is CC(C)n1c(C(N)CCO)nc2cc(Br)ccc21. The molecule has 4 nitrogen and oxygen atoms in total. The van der Waals surface area contributed by atoms with Gasteiger partial charge in [0.05, 0.1) is 17.1 Å². The van der Waals surface area contributed by atoms with E-state index in [-0.39, 0.29) is 18.7 Å². The lowest BCUT2D eigenvalue weighted by molar-refractivity contribution is 0.273. The summed E-state index contributed by atoms with van der Waals surface area (Å²) in [6.45, 7) is 4.29. The van der Waals surface area contributed by atoms with Gasteiger partial charge in [0.2, 0.25) is 0 Å². The van der Waals surface area contributed by atoms with Crippen molar-refractivity contribution in [2.45, 2.75) is 32.4 Å². The average Bonchev–Trinajstić information content (AvgIpc) is 2.67. The number of benzene rings is 1. The first-order valence-corrected chi connectivity index (χ1v) is 6.87. The van der Waals surface area contributed by atoms with E-state index in [1.165, 1.54) is 0 Å². The number of fused-ring (bicyclic) bond motifs is 1. The van der Waals surface area contributed by atoms with Gasteiger partial charge in [0.25, 0.3) is 0 Å². The highest BCUT2D eigenvalue weighted by atomic mass is 79.9. The van der Waals surface area contributed by atoms with Crippen molar-refractivity contribution in [1.82, 2.24) is 9.55 Å². The third kappa shape index (κ3) is 2.43. The highest BCUT2D eigenvalue weighted by Crippen LogP contribution is 2.27. The average molecular weight is 312 g/mol. The number of aliphatic hydroxyl groups excluding tert-OH is 1. The predicted molar refractivity (Wildman–Crippen MR) is 76.4 cm³/mol. The zero-order valence-electron chi connectivity index (χ0n) is 10.6. The van der Waals surface area contributed by atoms with Crippen LogP contribution in [0.25, 0.3) is 11.0 Å². The maximum Gasteiger partial charge on any atom is 0.127 e. The zero-order valence-corrected chi connectivity index (χ0v) is 12.2. The molecule has 0 saturated carbocycles. The molecule has 2 aromatic rings. The van der Waals surface area contributed by atoms with Gasteiger partial charge in [-0.15, -0.1) is 0 Å². The Labute approximate surface area is 115 Å². The quantitative estimate of drug-likeness (QED) is 0.912. The Bertz CT molecular complexity index is 550. The number of aliphatic hydroxyl groups is 1. The molecule has 0 amide bonds. The van der Waals surface area contributed by atoms with E-state index in [0.29, 0.717) is 6.42 Å². The van der Waals surface area contributed by atoms with E-state index in [4.69, 9.17) is 10.8 Å². The van der Waals surface area contributed by atoms with Gasteiger partial charge in [-0.25, -0.2) is 4.98 Å². The summed E-state index contributed by atoms with van der Waals surface area (Å²) >= 11 is 3.45. The number of hydrogen-bond acceptors (Lipinski definition) is 3. The minimum absolute atomic E-state index is 0.0756. The number of nitrogens with zero attached hydrogens (tertiary/aromatic N) is 2. The summed E-state index contributed by atoms with van der Waals surface area (Å²) in [6.07, 6.45) is 0.525. The van der Waals surface area contributed by atoms with Gasteiger partial charge in [-0.3, -0.25) is 0 Å². The van der Waals surface area contributed by atoms with E-state index in [9.17, 15) is 0 Å². The minimum Gasteiger partial charge on any atom is -0.396 e. The maximum absolute atomic E-state index is 9.02. The van der Waals surface area contributed by atoms with Gasteiger partial charge in [0.15, 0.2) is 0 Å². The lowest BCUT2D eigenvalue weighted by Gasteiger charge is -2.16. The number of nitrogens with two attached hydrogens (primary N) is 1. The number of halogens is 1. The third-order valence-electron chi connectivity index (χ3n) is 2.97. The van der Waals surface area contributed by atoms with Gasteiger partial charge in [0.1, 0.15) is 5.82 Å². The smallest absolute Gasteiger partial charge is 0.127 e. The van der Waals surface area contributed by atoms with Crippen LogP contribution in [0.15, 0.2) is 22.7 Å². The fourth-order valence-corrected chi connectivity index (χ4v) is 2.51. The van der Waals surface area contributed by atoms with Crippen molar-refractivity contribution in [1.29, 1.82) is 0 Å². The summed E-state index contributed by atoms with van der Waals surface area (Å²) in [6, 6.07) is 6.09. The summed E-state index contributed by atoms with van der Waals surface area (Å²) in [5, 5.41) is 9.02. The molecule has 18 heavy (non-hydrogen) atoms. The van der Waals surface area contributed by atoms with Crippen molar-refractivity contribution in [2.75, 3.05) is 6.61 Å². The van der Waals surface area contributed by atoms with E-state index in [2.05, 4.69) is 39.3 Å². The fraction of sp³-hybridized carbons (Fsp3) is 0.462. The van der Waals surface area contributed by atoms with Gasteiger partial charge < -0.3 is 15.4 Å². The Morgan fingerprint density at radius 2 is 2.17 bits per heavy atom. The molecular formula is C13H18BrN3O. The first kappa shape index (κ1) is 13.5. The molecule has 1 atom stereocenters. The molecule has 1 heterocycles. The minimum atomic E-state index is -0.233. The van der Waals surface area contributed by atoms with Crippen LogP contribution in [0.4, 0.5) is 0 Å². The molecule has 1 aromatic carbocycles. The Morgan fingerprint density at radius 3 is 2.78 bits per heavy atom. The topological polar surface area (TPSA) is 64.1 Å². The number of aromatic nitrogens is 2. The Morgan fingerprint density at radius 1 is 1.44 bits per heavy atom. The molecule has 0 bridgehead atoms. The first-order chi connectivity index (χ1) is 8.54. The molecule has 0 aliphatic carbocycles. The molecular weight excluding hydrogens is 294 g/mol. The van der Waals surface area contributed by atoms with Crippen molar-refractivity contribution in [3.05, 3.63) is 28.5 Å². The van der Waals surface area contributed by atoms with Gasteiger partial charge in [0, 0.05) is 17.1 Å². The molecule has 1 aromatic heterocycles. The zero-order chi connectivity index (χ0) is 13.3. The Kier molecular flexibility index (Phi) is 4.04. The normalized spacial score (nSPS) is 13.4. The highest BCUT2D eigenvalue weighted by Gasteiger charge is 2.18. The van der Waals surface area contributed by atoms with E-state index < -0.39 is 0 Å². The Balaban J connectivity index is 2.60. The van der Waals surface area contributed by atoms with Gasteiger partial charge in [-0.1, -0.05) is 15.9 Å². The van der Waals surface area contributed by atoms with E-state index in [1.807, 2.05) is 18.2 Å². The first-order valence-electron chi connectivity index (χ1n) is 6.08. The van der Waals surface area contributed by atoms with Crippen molar-refractivity contribution in [3.63, 3.8) is 0 Å². The molecule has 0 aliphatic rings. The van der Waals surface area contributed by atoms with Crippen molar-refractivity contribution in [3.8, 4) is 0 Å². The van der Waals surface area contributed by atoms with Crippen LogP contribution in [0.5, 0.6) is 0 Å². The summed E-state index contributed by atoms with van der Waals surface area (Å²) in [7, 11) is 0. The van der Waals surface area contributed by atoms with Crippen LogP contribution in [0, 0.1) is 0 Å². The van der Waals surface area contributed by atoms with Crippen molar-refractivity contribution < 1.29 is 5.11 Å². The second kappa shape index (κ2) is 5.38. The molecule has 5 heteroatoms. The van der Waals surface area contributed by atoms with E-state index >= 15 is 0 Å². The van der Waals surface area contributed by atoms with Crippen molar-refractivity contribution >= 4 is 27.0 Å². The molecule has 0 fully saturated rings. The molecule has 98 valence electrons. The predicted octanol–water partition coefficient (Wildman–Crippen LogP) is 2.76. The van der Waals surface area contributed by atoms with Crippen LogP contribution >= 0.6 is 15.9 Å². The number of imidazole rings is 1. The van der Waals surface area contributed by atoms with E-state index in [0.717, 1.165) is 21.3 Å². The molecule has 3 N–H and O–H groups in total. The maximum atomic E-state index is 9.02. The van der Waals surface area contributed by atoms with Gasteiger partial charge in [-0.05, 0) is 38.5 Å². The van der Waals surface area contributed by atoms with Crippen LogP contribution in [0.2, 0.25) is 0 Å². The molecule has 0 spiro atoms. The highest BCUT2D eigenvalue weighted by molar-refractivity contribution is 9.10. The molecule has 2 rings (SSSR count). The summed E-state index contributed by atoms with van der Waals surface area (Å²) in [4.78, 5) is 4.61. The second-order valence-corrected chi connectivity index (χ2v) is 5.60. The van der Waals surface area contributed by atoms with Crippen LogP contribution in [-0.2, 0) is 0 Å². The summed E-state index contributed by atoms with van der Waals surface area (Å²) < 4.78 is 3.15. The van der Waals surface area contributed by atoms with Crippen LogP contribution < -0.4 is 5.73 Å².